The number of amides is 1. The number of rotatable bonds is 7. The molecule has 118 valence electrons. The molecule has 5 nitrogen and oxygen atoms in total. The fraction of sp³-hybridized carbons (Fsp3) is 0.933. The SMILES string of the molecule is CCCC1CN(C(=O)[C@@H](N)C(C)C)CCN1CCOC. The van der Waals surface area contributed by atoms with Crippen molar-refractivity contribution in [2.24, 2.45) is 11.7 Å². The first kappa shape index (κ1) is 17.4. The molecule has 0 saturated carbocycles. The molecule has 0 aromatic heterocycles. The van der Waals surface area contributed by atoms with E-state index in [2.05, 4.69) is 11.8 Å². The Morgan fingerprint density at radius 1 is 1.40 bits per heavy atom. The average Bonchev–Trinajstić information content (AvgIpc) is 2.44. The molecule has 0 spiro atoms. The number of carbonyl (C=O) groups is 1. The van der Waals surface area contributed by atoms with Gasteiger partial charge in [0.1, 0.15) is 0 Å². The summed E-state index contributed by atoms with van der Waals surface area (Å²) in [5.74, 6) is 0.297. The molecule has 1 amide bonds. The fourth-order valence-corrected chi connectivity index (χ4v) is 2.70. The van der Waals surface area contributed by atoms with E-state index in [4.69, 9.17) is 10.5 Å². The maximum Gasteiger partial charge on any atom is 0.239 e. The van der Waals surface area contributed by atoms with Gasteiger partial charge in [-0.3, -0.25) is 9.69 Å². The third kappa shape index (κ3) is 4.72. The van der Waals surface area contributed by atoms with Crippen LogP contribution in [0.1, 0.15) is 33.6 Å². The van der Waals surface area contributed by atoms with Crippen LogP contribution < -0.4 is 5.73 Å². The van der Waals surface area contributed by atoms with Crippen molar-refractivity contribution in [2.45, 2.75) is 45.7 Å². The van der Waals surface area contributed by atoms with E-state index in [1.54, 1.807) is 7.11 Å². The first-order valence-electron chi connectivity index (χ1n) is 7.78. The lowest BCUT2D eigenvalue weighted by atomic mass is 10.0. The highest BCUT2D eigenvalue weighted by Crippen LogP contribution is 2.16. The number of methoxy groups -OCH3 is 1. The van der Waals surface area contributed by atoms with E-state index < -0.39 is 0 Å². The lowest BCUT2D eigenvalue weighted by Crippen LogP contribution is -2.58. The number of nitrogens with two attached hydrogens (primary N) is 1. The zero-order valence-corrected chi connectivity index (χ0v) is 13.5. The highest BCUT2D eigenvalue weighted by molar-refractivity contribution is 5.82. The van der Waals surface area contributed by atoms with Gasteiger partial charge in [0.25, 0.3) is 0 Å². The second kappa shape index (κ2) is 8.60. The second-order valence-electron chi connectivity index (χ2n) is 6.03. The van der Waals surface area contributed by atoms with E-state index in [9.17, 15) is 4.79 Å². The van der Waals surface area contributed by atoms with Gasteiger partial charge in [0.2, 0.25) is 5.91 Å². The lowest BCUT2D eigenvalue weighted by molar-refractivity contribution is -0.136. The van der Waals surface area contributed by atoms with Crippen molar-refractivity contribution in [3.8, 4) is 0 Å². The van der Waals surface area contributed by atoms with Crippen LogP contribution in [0.2, 0.25) is 0 Å². The predicted octanol–water partition coefficient (Wildman–Crippen LogP) is 0.929. The Kier molecular flexibility index (Phi) is 7.48. The van der Waals surface area contributed by atoms with E-state index in [1.807, 2.05) is 18.7 Å². The number of carbonyl (C=O) groups excluding carboxylic acids is 1. The standard InChI is InChI=1S/C15H31N3O2/c1-5-6-13-11-18(15(19)14(16)12(2)3)8-7-17(13)9-10-20-4/h12-14H,5-11,16H2,1-4H3/t13?,14-/m0/s1. The van der Waals surface area contributed by atoms with Crippen LogP contribution in [0.5, 0.6) is 0 Å². The van der Waals surface area contributed by atoms with Crippen LogP contribution in [0.15, 0.2) is 0 Å². The van der Waals surface area contributed by atoms with Crippen LogP contribution in [0.4, 0.5) is 0 Å². The van der Waals surface area contributed by atoms with E-state index in [0.29, 0.717) is 6.04 Å². The van der Waals surface area contributed by atoms with Crippen molar-refractivity contribution < 1.29 is 9.53 Å². The maximum absolute atomic E-state index is 12.4. The summed E-state index contributed by atoms with van der Waals surface area (Å²) in [7, 11) is 1.73. The van der Waals surface area contributed by atoms with Crippen molar-refractivity contribution in [2.75, 3.05) is 39.9 Å². The zero-order chi connectivity index (χ0) is 15.1. The largest absolute Gasteiger partial charge is 0.383 e. The normalized spacial score (nSPS) is 22.3. The molecule has 1 heterocycles. The first-order chi connectivity index (χ1) is 9.51. The van der Waals surface area contributed by atoms with Crippen molar-refractivity contribution in [3.05, 3.63) is 0 Å². The van der Waals surface area contributed by atoms with Gasteiger partial charge in [-0.15, -0.1) is 0 Å². The van der Waals surface area contributed by atoms with Gasteiger partial charge >= 0.3 is 0 Å². The van der Waals surface area contributed by atoms with Crippen LogP contribution >= 0.6 is 0 Å². The zero-order valence-electron chi connectivity index (χ0n) is 13.5. The minimum atomic E-state index is -0.372. The van der Waals surface area contributed by atoms with Gasteiger partial charge in [-0.25, -0.2) is 0 Å². The molecule has 1 aliphatic rings. The summed E-state index contributed by atoms with van der Waals surface area (Å²) in [5.41, 5.74) is 6.00. The molecular weight excluding hydrogens is 254 g/mol. The lowest BCUT2D eigenvalue weighted by Gasteiger charge is -2.42. The molecule has 1 rings (SSSR count). The molecule has 0 radical (unpaired) electrons. The van der Waals surface area contributed by atoms with Crippen molar-refractivity contribution in [1.29, 1.82) is 0 Å². The second-order valence-corrected chi connectivity index (χ2v) is 6.03. The Balaban J connectivity index is 2.60. The smallest absolute Gasteiger partial charge is 0.239 e. The van der Waals surface area contributed by atoms with Gasteiger partial charge in [0.15, 0.2) is 0 Å². The molecule has 1 aliphatic heterocycles. The van der Waals surface area contributed by atoms with Gasteiger partial charge in [-0.05, 0) is 12.3 Å². The molecule has 2 atom stereocenters. The van der Waals surface area contributed by atoms with Gasteiger partial charge in [-0.2, -0.15) is 0 Å². The minimum absolute atomic E-state index is 0.104. The molecule has 5 heteroatoms. The van der Waals surface area contributed by atoms with E-state index in [0.717, 1.165) is 45.6 Å². The van der Waals surface area contributed by atoms with Crippen molar-refractivity contribution >= 4 is 5.91 Å². The number of piperazine rings is 1. The van der Waals surface area contributed by atoms with Crippen molar-refractivity contribution in [1.82, 2.24) is 9.80 Å². The van der Waals surface area contributed by atoms with E-state index >= 15 is 0 Å². The quantitative estimate of drug-likeness (QED) is 0.756. The Bertz CT molecular complexity index is 297. The minimum Gasteiger partial charge on any atom is -0.383 e. The van der Waals surface area contributed by atoms with Crippen molar-refractivity contribution in [3.63, 3.8) is 0 Å². The number of nitrogens with zero attached hydrogens (tertiary/aromatic N) is 2. The third-order valence-electron chi connectivity index (χ3n) is 4.12. The highest BCUT2D eigenvalue weighted by Gasteiger charge is 2.31. The number of ether oxygens (including phenoxy) is 1. The number of hydrogen-bond acceptors (Lipinski definition) is 4. The van der Waals surface area contributed by atoms with E-state index in [1.165, 1.54) is 0 Å². The molecule has 20 heavy (non-hydrogen) atoms. The Hall–Kier alpha value is -0.650. The van der Waals surface area contributed by atoms with Crippen LogP contribution in [-0.2, 0) is 9.53 Å². The summed E-state index contributed by atoms with van der Waals surface area (Å²) < 4.78 is 5.17. The number of hydrogen-bond donors (Lipinski definition) is 1. The molecule has 1 saturated heterocycles. The Labute approximate surface area is 123 Å². The summed E-state index contributed by atoms with van der Waals surface area (Å²) in [4.78, 5) is 16.8. The summed E-state index contributed by atoms with van der Waals surface area (Å²) in [6.07, 6.45) is 2.25. The molecule has 1 unspecified atom stereocenters. The summed E-state index contributed by atoms with van der Waals surface area (Å²) in [6, 6.07) is 0.0648. The third-order valence-corrected chi connectivity index (χ3v) is 4.12. The molecule has 0 bridgehead atoms. The molecule has 0 aromatic rings. The monoisotopic (exact) mass is 285 g/mol. The van der Waals surface area contributed by atoms with Gasteiger partial charge < -0.3 is 15.4 Å². The summed E-state index contributed by atoms with van der Waals surface area (Å²) >= 11 is 0. The van der Waals surface area contributed by atoms with Gasteiger partial charge in [0, 0.05) is 39.3 Å². The molecular formula is C15H31N3O2. The first-order valence-corrected chi connectivity index (χ1v) is 7.78. The van der Waals surface area contributed by atoms with E-state index in [-0.39, 0.29) is 17.9 Å². The Morgan fingerprint density at radius 2 is 2.10 bits per heavy atom. The van der Waals surface area contributed by atoms with Gasteiger partial charge in [0.05, 0.1) is 12.6 Å². The summed E-state index contributed by atoms with van der Waals surface area (Å²) in [6.45, 7) is 10.4. The predicted molar refractivity (Wildman–Crippen MR) is 81.5 cm³/mol. The summed E-state index contributed by atoms with van der Waals surface area (Å²) in [5, 5.41) is 0. The molecule has 2 N–H and O–H groups in total. The fourth-order valence-electron chi connectivity index (χ4n) is 2.70. The van der Waals surface area contributed by atoms with Crippen LogP contribution in [0.3, 0.4) is 0 Å². The highest BCUT2D eigenvalue weighted by atomic mass is 16.5. The van der Waals surface area contributed by atoms with Crippen LogP contribution in [0.25, 0.3) is 0 Å². The maximum atomic E-state index is 12.4. The van der Waals surface area contributed by atoms with Gasteiger partial charge in [-0.1, -0.05) is 27.2 Å². The Morgan fingerprint density at radius 3 is 2.65 bits per heavy atom. The topological polar surface area (TPSA) is 58.8 Å². The van der Waals surface area contributed by atoms with Crippen LogP contribution in [0, 0.1) is 5.92 Å². The molecule has 1 fully saturated rings. The average molecular weight is 285 g/mol. The molecule has 0 aliphatic carbocycles. The molecule has 0 aromatic carbocycles. The van der Waals surface area contributed by atoms with Crippen LogP contribution in [-0.4, -0.2) is 67.7 Å².